The van der Waals surface area contributed by atoms with Crippen molar-refractivity contribution in [3.05, 3.63) is 59.7 Å². The van der Waals surface area contributed by atoms with Crippen LogP contribution in [-0.4, -0.2) is 30.1 Å². The number of nitrogens with one attached hydrogen (secondary N) is 1. The summed E-state index contributed by atoms with van der Waals surface area (Å²) in [5.41, 5.74) is 4.78. The average Bonchev–Trinajstić information content (AvgIpc) is 2.59. The Balaban J connectivity index is 1.97. The van der Waals surface area contributed by atoms with Crippen molar-refractivity contribution < 1.29 is 0 Å². The second kappa shape index (κ2) is 8.69. The van der Waals surface area contributed by atoms with Gasteiger partial charge >= 0.3 is 0 Å². The number of rotatable bonds is 6. The summed E-state index contributed by atoms with van der Waals surface area (Å²) in [6, 6.07) is 16.9. The van der Waals surface area contributed by atoms with Gasteiger partial charge in [-0.05, 0) is 62.3 Å². The molecule has 2 aromatic rings. The van der Waals surface area contributed by atoms with E-state index in [1.165, 1.54) is 16.8 Å². The highest BCUT2D eigenvalue weighted by atomic mass is 32.1. The van der Waals surface area contributed by atoms with Crippen LogP contribution in [0.3, 0.4) is 0 Å². The molecule has 0 amide bonds. The summed E-state index contributed by atoms with van der Waals surface area (Å²) in [5, 5.41) is 4.06. The predicted octanol–water partition coefficient (Wildman–Crippen LogP) is 4.67. The van der Waals surface area contributed by atoms with Crippen molar-refractivity contribution in [2.24, 2.45) is 0 Å². The monoisotopic (exact) mass is 341 g/mol. The third kappa shape index (κ3) is 4.71. The van der Waals surface area contributed by atoms with Crippen molar-refractivity contribution >= 4 is 28.7 Å². The van der Waals surface area contributed by atoms with Crippen LogP contribution in [0.4, 0.5) is 11.4 Å². The molecule has 1 N–H and O–H groups in total. The fraction of sp³-hybridized carbons (Fsp3) is 0.350. The number of nitrogens with zero attached hydrogens (tertiary/aromatic N) is 2. The smallest absolute Gasteiger partial charge is 0.173 e. The molecule has 0 aliphatic rings. The highest BCUT2D eigenvalue weighted by Crippen LogP contribution is 2.17. The van der Waals surface area contributed by atoms with Gasteiger partial charge in [0.15, 0.2) is 5.11 Å². The molecule has 0 radical (unpaired) electrons. The van der Waals surface area contributed by atoms with Gasteiger partial charge in [0.25, 0.3) is 0 Å². The first-order chi connectivity index (χ1) is 11.5. The van der Waals surface area contributed by atoms with Gasteiger partial charge in [-0.1, -0.05) is 30.3 Å². The molecule has 0 heterocycles. The Morgan fingerprint density at radius 2 is 1.62 bits per heavy atom. The van der Waals surface area contributed by atoms with Gasteiger partial charge in [0, 0.05) is 38.1 Å². The van der Waals surface area contributed by atoms with Gasteiger partial charge in [0.05, 0.1) is 0 Å². The Bertz CT molecular complexity index is 663. The lowest BCUT2D eigenvalue weighted by Crippen LogP contribution is -2.30. The van der Waals surface area contributed by atoms with Crippen LogP contribution in [0.2, 0.25) is 0 Å². The number of anilines is 2. The highest BCUT2D eigenvalue weighted by molar-refractivity contribution is 7.80. The van der Waals surface area contributed by atoms with Crippen molar-refractivity contribution in [1.29, 1.82) is 0 Å². The Kier molecular flexibility index (Phi) is 6.62. The molecule has 3 nitrogen and oxygen atoms in total. The van der Waals surface area contributed by atoms with Gasteiger partial charge < -0.3 is 15.1 Å². The van der Waals surface area contributed by atoms with Gasteiger partial charge in [-0.3, -0.25) is 0 Å². The summed E-state index contributed by atoms with van der Waals surface area (Å²) >= 11 is 5.53. The lowest BCUT2D eigenvalue weighted by atomic mass is 10.2. The normalized spacial score (nSPS) is 10.3. The van der Waals surface area contributed by atoms with E-state index in [9.17, 15) is 0 Å². The van der Waals surface area contributed by atoms with Crippen LogP contribution in [0.5, 0.6) is 0 Å². The van der Waals surface area contributed by atoms with E-state index in [4.69, 9.17) is 12.2 Å². The minimum atomic E-state index is 0.733. The summed E-state index contributed by atoms with van der Waals surface area (Å²) in [6.45, 7) is 9.29. The van der Waals surface area contributed by atoms with E-state index in [0.717, 1.165) is 30.4 Å². The molecular formula is C20H27N3S. The number of para-hydroxylation sites is 1. The standard InChI is InChI=1S/C20H27N3S/c1-5-23(6-2)18-13-11-17(12-14-18)15-22(4)20(24)21-19-10-8-7-9-16(19)3/h7-14H,5-6,15H2,1-4H3,(H,21,24). The SMILES string of the molecule is CCN(CC)c1ccc(CN(C)C(=S)Nc2ccccc2C)cc1. The minimum absolute atomic E-state index is 0.733. The van der Waals surface area contributed by atoms with Crippen molar-refractivity contribution in [3.8, 4) is 0 Å². The lowest BCUT2D eigenvalue weighted by Gasteiger charge is -2.23. The molecule has 0 fully saturated rings. The fourth-order valence-corrected chi connectivity index (χ4v) is 2.84. The van der Waals surface area contributed by atoms with Crippen LogP contribution in [-0.2, 0) is 6.54 Å². The van der Waals surface area contributed by atoms with Crippen LogP contribution in [0.15, 0.2) is 48.5 Å². The highest BCUT2D eigenvalue weighted by Gasteiger charge is 2.08. The summed E-state index contributed by atoms with van der Waals surface area (Å²) in [4.78, 5) is 4.41. The molecule has 4 heteroatoms. The largest absolute Gasteiger partial charge is 0.372 e. The van der Waals surface area contributed by atoms with E-state index in [2.05, 4.69) is 66.2 Å². The molecule has 24 heavy (non-hydrogen) atoms. The Hall–Kier alpha value is -2.07. The summed E-state index contributed by atoms with van der Waals surface area (Å²) in [6.07, 6.45) is 0. The quantitative estimate of drug-likeness (QED) is 0.769. The molecule has 0 bridgehead atoms. The molecule has 0 spiro atoms. The molecule has 0 atom stereocenters. The maximum absolute atomic E-state index is 5.53. The van der Waals surface area contributed by atoms with Crippen LogP contribution < -0.4 is 10.2 Å². The Morgan fingerprint density at radius 1 is 1.00 bits per heavy atom. The number of hydrogen-bond acceptors (Lipinski definition) is 2. The maximum atomic E-state index is 5.53. The zero-order valence-corrected chi connectivity index (χ0v) is 15.9. The van der Waals surface area contributed by atoms with E-state index in [-0.39, 0.29) is 0 Å². The molecule has 0 saturated carbocycles. The molecule has 128 valence electrons. The molecule has 2 rings (SSSR count). The third-order valence-corrected chi connectivity index (χ3v) is 4.63. The lowest BCUT2D eigenvalue weighted by molar-refractivity contribution is 0.508. The van der Waals surface area contributed by atoms with Crippen molar-refractivity contribution in [1.82, 2.24) is 4.90 Å². The predicted molar refractivity (Wildman–Crippen MR) is 109 cm³/mol. The summed E-state index contributed by atoms with van der Waals surface area (Å²) in [7, 11) is 2.02. The molecular weight excluding hydrogens is 314 g/mol. The minimum Gasteiger partial charge on any atom is -0.372 e. The Labute approximate surface area is 151 Å². The van der Waals surface area contributed by atoms with E-state index < -0.39 is 0 Å². The second-order valence-corrected chi connectivity index (χ2v) is 6.33. The second-order valence-electron chi connectivity index (χ2n) is 5.94. The van der Waals surface area contributed by atoms with Crippen molar-refractivity contribution in [2.75, 3.05) is 30.4 Å². The molecule has 0 saturated heterocycles. The summed E-state index contributed by atoms with van der Waals surface area (Å²) in [5.74, 6) is 0. The molecule has 0 aliphatic heterocycles. The topological polar surface area (TPSA) is 18.5 Å². The molecule has 0 unspecified atom stereocenters. The van der Waals surface area contributed by atoms with Crippen molar-refractivity contribution in [3.63, 3.8) is 0 Å². The first-order valence-electron chi connectivity index (χ1n) is 8.46. The van der Waals surface area contributed by atoms with Crippen molar-refractivity contribution in [2.45, 2.75) is 27.3 Å². The first kappa shape index (κ1) is 18.3. The molecule has 0 aliphatic carbocycles. The Morgan fingerprint density at radius 3 is 2.21 bits per heavy atom. The van der Waals surface area contributed by atoms with Gasteiger partial charge in [0.1, 0.15) is 0 Å². The van der Waals surface area contributed by atoms with Crippen LogP contribution >= 0.6 is 12.2 Å². The molecule has 2 aromatic carbocycles. The average molecular weight is 342 g/mol. The zero-order chi connectivity index (χ0) is 17.5. The number of aryl methyl sites for hydroxylation is 1. The molecule has 0 aromatic heterocycles. The van der Waals surface area contributed by atoms with E-state index in [0.29, 0.717) is 0 Å². The van der Waals surface area contributed by atoms with Gasteiger partial charge in [0.2, 0.25) is 0 Å². The van der Waals surface area contributed by atoms with Gasteiger partial charge in [-0.2, -0.15) is 0 Å². The van der Waals surface area contributed by atoms with Crippen LogP contribution in [0.25, 0.3) is 0 Å². The number of benzene rings is 2. The number of thiocarbonyl (C=S) groups is 1. The van der Waals surface area contributed by atoms with Gasteiger partial charge in [-0.15, -0.1) is 0 Å². The fourth-order valence-electron chi connectivity index (χ4n) is 2.67. The van der Waals surface area contributed by atoms with E-state index in [1.54, 1.807) is 0 Å². The third-order valence-electron chi connectivity index (χ3n) is 4.22. The first-order valence-corrected chi connectivity index (χ1v) is 8.87. The zero-order valence-electron chi connectivity index (χ0n) is 15.0. The maximum Gasteiger partial charge on any atom is 0.173 e. The van der Waals surface area contributed by atoms with E-state index >= 15 is 0 Å². The van der Waals surface area contributed by atoms with E-state index in [1.807, 2.05) is 25.2 Å². The van der Waals surface area contributed by atoms with Gasteiger partial charge in [-0.25, -0.2) is 0 Å². The summed E-state index contributed by atoms with van der Waals surface area (Å²) < 4.78 is 0. The number of hydrogen-bond donors (Lipinski definition) is 1. The van der Waals surface area contributed by atoms with Crippen LogP contribution in [0.1, 0.15) is 25.0 Å². The van der Waals surface area contributed by atoms with Crippen LogP contribution in [0, 0.1) is 6.92 Å².